The molecule has 1 fully saturated rings. The lowest BCUT2D eigenvalue weighted by atomic mass is 9.90. The van der Waals surface area contributed by atoms with E-state index in [1.807, 2.05) is 17.9 Å². The third-order valence-corrected chi connectivity index (χ3v) is 4.83. The minimum absolute atomic E-state index is 0.596. The molecule has 1 aliphatic heterocycles. The number of rotatable bonds is 6. The van der Waals surface area contributed by atoms with E-state index in [0.717, 1.165) is 12.5 Å². The van der Waals surface area contributed by atoms with E-state index in [9.17, 15) is 0 Å². The van der Waals surface area contributed by atoms with Gasteiger partial charge in [-0.25, -0.2) is 0 Å². The van der Waals surface area contributed by atoms with Crippen LogP contribution < -0.4 is 5.32 Å². The first-order chi connectivity index (χ1) is 9.61. The SMILES string of the molecule is CCCN1CCC(C(C)NCc2cnn(C)c2C)CC1. The van der Waals surface area contributed by atoms with Gasteiger partial charge in [-0.2, -0.15) is 5.10 Å². The molecule has 2 heterocycles. The summed E-state index contributed by atoms with van der Waals surface area (Å²) in [5, 5.41) is 8.00. The van der Waals surface area contributed by atoms with Crippen LogP contribution in [0.2, 0.25) is 0 Å². The summed E-state index contributed by atoms with van der Waals surface area (Å²) >= 11 is 0. The van der Waals surface area contributed by atoms with Gasteiger partial charge in [-0.1, -0.05) is 6.92 Å². The summed E-state index contributed by atoms with van der Waals surface area (Å²) < 4.78 is 1.95. The van der Waals surface area contributed by atoms with E-state index >= 15 is 0 Å². The van der Waals surface area contributed by atoms with Gasteiger partial charge in [0.25, 0.3) is 0 Å². The van der Waals surface area contributed by atoms with E-state index < -0.39 is 0 Å². The van der Waals surface area contributed by atoms with Crippen molar-refractivity contribution in [3.63, 3.8) is 0 Å². The monoisotopic (exact) mass is 278 g/mol. The molecule has 1 aromatic heterocycles. The average Bonchev–Trinajstić information content (AvgIpc) is 2.77. The molecule has 0 bridgehead atoms. The molecular weight excluding hydrogens is 248 g/mol. The maximum absolute atomic E-state index is 4.31. The third-order valence-electron chi connectivity index (χ3n) is 4.83. The van der Waals surface area contributed by atoms with Crippen molar-refractivity contribution in [2.75, 3.05) is 19.6 Å². The van der Waals surface area contributed by atoms with Crippen molar-refractivity contribution in [1.29, 1.82) is 0 Å². The summed E-state index contributed by atoms with van der Waals surface area (Å²) in [5.41, 5.74) is 2.59. The Morgan fingerprint density at radius 1 is 1.40 bits per heavy atom. The third kappa shape index (κ3) is 3.83. The number of aryl methyl sites for hydroxylation is 1. The average molecular weight is 278 g/mol. The molecule has 0 saturated carbocycles. The number of aromatic nitrogens is 2. The summed E-state index contributed by atoms with van der Waals surface area (Å²) in [6, 6.07) is 0.596. The number of nitrogens with one attached hydrogen (secondary N) is 1. The molecule has 4 heteroatoms. The normalized spacial score (nSPS) is 19.4. The lowest BCUT2D eigenvalue weighted by Crippen LogP contribution is -2.42. The Balaban J connectivity index is 1.75. The first-order valence-corrected chi connectivity index (χ1v) is 8.05. The van der Waals surface area contributed by atoms with Gasteiger partial charge < -0.3 is 10.2 Å². The molecule has 0 amide bonds. The predicted molar refractivity (Wildman–Crippen MR) is 83.7 cm³/mol. The molecule has 1 atom stereocenters. The predicted octanol–water partition coefficient (Wildman–Crippen LogP) is 2.33. The fourth-order valence-electron chi connectivity index (χ4n) is 3.15. The van der Waals surface area contributed by atoms with Crippen molar-refractivity contribution < 1.29 is 0 Å². The quantitative estimate of drug-likeness (QED) is 0.867. The molecule has 0 spiro atoms. The maximum atomic E-state index is 4.31. The number of hydrogen-bond acceptors (Lipinski definition) is 3. The highest BCUT2D eigenvalue weighted by Crippen LogP contribution is 2.21. The molecule has 0 radical (unpaired) electrons. The van der Waals surface area contributed by atoms with Crippen LogP contribution in [-0.4, -0.2) is 40.4 Å². The number of nitrogens with zero attached hydrogens (tertiary/aromatic N) is 3. The van der Waals surface area contributed by atoms with Gasteiger partial charge in [0.05, 0.1) is 6.20 Å². The van der Waals surface area contributed by atoms with Gasteiger partial charge in [0.2, 0.25) is 0 Å². The fourth-order valence-corrected chi connectivity index (χ4v) is 3.15. The molecule has 1 N–H and O–H groups in total. The zero-order valence-electron chi connectivity index (χ0n) is 13.5. The van der Waals surface area contributed by atoms with E-state index in [2.05, 4.69) is 36.1 Å². The van der Waals surface area contributed by atoms with Gasteiger partial charge in [0, 0.05) is 30.9 Å². The van der Waals surface area contributed by atoms with E-state index in [1.165, 1.54) is 50.2 Å². The summed E-state index contributed by atoms with van der Waals surface area (Å²) in [4.78, 5) is 2.61. The fraction of sp³-hybridized carbons (Fsp3) is 0.812. The van der Waals surface area contributed by atoms with Crippen molar-refractivity contribution in [2.24, 2.45) is 13.0 Å². The molecule has 20 heavy (non-hydrogen) atoms. The first-order valence-electron chi connectivity index (χ1n) is 8.05. The van der Waals surface area contributed by atoms with Crippen molar-refractivity contribution in [3.8, 4) is 0 Å². The van der Waals surface area contributed by atoms with E-state index in [1.54, 1.807) is 0 Å². The molecule has 1 aromatic rings. The Bertz CT molecular complexity index is 405. The highest BCUT2D eigenvalue weighted by molar-refractivity contribution is 5.15. The van der Waals surface area contributed by atoms with Crippen molar-refractivity contribution in [1.82, 2.24) is 20.0 Å². The van der Waals surface area contributed by atoms with Crippen LogP contribution in [0.5, 0.6) is 0 Å². The zero-order chi connectivity index (χ0) is 14.5. The Kier molecular flexibility index (Phi) is 5.61. The lowest BCUT2D eigenvalue weighted by Gasteiger charge is -2.35. The first kappa shape index (κ1) is 15.5. The molecule has 4 nitrogen and oxygen atoms in total. The van der Waals surface area contributed by atoms with Crippen LogP contribution in [-0.2, 0) is 13.6 Å². The summed E-state index contributed by atoms with van der Waals surface area (Å²) in [6.45, 7) is 11.5. The molecule has 114 valence electrons. The highest BCUT2D eigenvalue weighted by Gasteiger charge is 2.23. The smallest absolute Gasteiger partial charge is 0.0537 e. The van der Waals surface area contributed by atoms with Gasteiger partial charge in [0.1, 0.15) is 0 Å². The van der Waals surface area contributed by atoms with Crippen LogP contribution >= 0.6 is 0 Å². The summed E-state index contributed by atoms with van der Waals surface area (Å²) in [7, 11) is 2.01. The van der Waals surface area contributed by atoms with E-state index in [0.29, 0.717) is 6.04 Å². The number of hydrogen-bond donors (Lipinski definition) is 1. The van der Waals surface area contributed by atoms with Crippen molar-refractivity contribution in [2.45, 2.75) is 52.6 Å². The minimum atomic E-state index is 0.596. The van der Waals surface area contributed by atoms with E-state index in [-0.39, 0.29) is 0 Å². The van der Waals surface area contributed by atoms with Gasteiger partial charge in [-0.3, -0.25) is 4.68 Å². The second kappa shape index (κ2) is 7.23. The van der Waals surface area contributed by atoms with Crippen LogP contribution in [0, 0.1) is 12.8 Å². The Morgan fingerprint density at radius 2 is 2.10 bits per heavy atom. The molecule has 1 saturated heterocycles. The largest absolute Gasteiger partial charge is 0.310 e. The van der Waals surface area contributed by atoms with Gasteiger partial charge in [0.15, 0.2) is 0 Å². The summed E-state index contributed by atoms with van der Waals surface area (Å²) in [6.07, 6.45) is 5.93. The maximum Gasteiger partial charge on any atom is 0.0537 e. The van der Waals surface area contributed by atoms with Crippen LogP contribution in [0.3, 0.4) is 0 Å². The molecule has 2 rings (SSSR count). The highest BCUT2D eigenvalue weighted by atomic mass is 15.3. The molecule has 1 aliphatic rings. The Hall–Kier alpha value is -0.870. The molecule has 0 aliphatic carbocycles. The number of piperidine rings is 1. The van der Waals surface area contributed by atoms with Crippen molar-refractivity contribution >= 4 is 0 Å². The zero-order valence-corrected chi connectivity index (χ0v) is 13.5. The Labute approximate surface area is 123 Å². The number of likely N-dealkylation sites (tertiary alicyclic amines) is 1. The topological polar surface area (TPSA) is 33.1 Å². The van der Waals surface area contributed by atoms with Crippen LogP contribution in [0.1, 0.15) is 44.4 Å². The van der Waals surface area contributed by atoms with Crippen LogP contribution in [0.25, 0.3) is 0 Å². The second-order valence-electron chi connectivity index (χ2n) is 6.23. The van der Waals surface area contributed by atoms with Gasteiger partial charge in [-0.05, 0) is 58.7 Å². The molecular formula is C16H30N4. The van der Waals surface area contributed by atoms with Crippen molar-refractivity contribution in [3.05, 3.63) is 17.5 Å². The van der Waals surface area contributed by atoms with Gasteiger partial charge >= 0.3 is 0 Å². The minimum Gasteiger partial charge on any atom is -0.310 e. The lowest BCUT2D eigenvalue weighted by molar-refractivity contribution is 0.162. The van der Waals surface area contributed by atoms with E-state index in [4.69, 9.17) is 0 Å². The second-order valence-corrected chi connectivity index (χ2v) is 6.23. The van der Waals surface area contributed by atoms with Gasteiger partial charge in [-0.15, -0.1) is 0 Å². The molecule has 1 unspecified atom stereocenters. The standard InChI is InChI=1S/C16H30N4/c1-5-8-20-9-6-15(7-10-20)13(2)17-11-16-12-18-19(4)14(16)3/h12-13,15,17H,5-11H2,1-4H3. The molecule has 0 aromatic carbocycles. The summed E-state index contributed by atoms with van der Waals surface area (Å²) in [5.74, 6) is 0.820. The van der Waals surface area contributed by atoms with Crippen LogP contribution in [0.4, 0.5) is 0 Å². The Morgan fingerprint density at radius 3 is 2.65 bits per heavy atom. The van der Waals surface area contributed by atoms with Crippen LogP contribution in [0.15, 0.2) is 6.20 Å².